The van der Waals surface area contributed by atoms with Gasteiger partial charge in [0.2, 0.25) is 0 Å². The van der Waals surface area contributed by atoms with Crippen LogP contribution in [0.2, 0.25) is 0 Å². The SMILES string of the molecule is C[C@H](NC1CCc2cc(F)ccc21)c1ccc(Br)cc1. The van der Waals surface area contributed by atoms with E-state index in [-0.39, 0.29) is 11.9 Å². The number of benzene rings is 2. The van der Waals surface area contributed by atoms with Gasteiger partial charge in [0.15, 0.2) is 0 Å². The van der Waals surface area contributed by atoms with Gasteiger partial charge in [-0.05, 0) is 60.7 Å². The molecule has 2 atom stereocenters. The van der Waals surface area contributed by atoms with Crippen molar-refractivity contribution in [2.45, 2.75) is 31.8 Å². The van der Waals surface area contributed by atoms with Crippen LogP contribution in [0.4, 0.5) is 4.39 Å². The van der Waals surface area contributed by atoms with Crippen molar-refractivity contribution in [3.05, 3.63) is 69.4 Å². The molecule has 0 saturated heterocycles. The van der Waals surface area contributed by atoms with E-state index in [2.05, 4.69) is 52.4 Å². The summed E-state index contributed by atoms with van der Waals surface area (Å²) < 4.78 is 14.3. The number of nitrogens with one attached hydrogen (secondary N) is 1. The van der Waals surface area contributed by atoms with E-state index in [1.807, 2.05) is 6.07 Å². The third kappa shape index (κ3) is 2.79. The predicted molar refractivity (Wildman–Crippen MR) is 83.2 cm³/mol. The van der Waals surface area contributed by atoms with Crippen LogP contribution < -0.4 is 5.32 Å². The Labute approximate surface area is 127 Å². The minimum Gasteiger partial charge on any atom is -0.303 e. The van der Waals surface area contributed by atoms with Crippen molar-refractivity contribution in [2.24, 2.45) is 0 Å². The molecule has 0 heterocycles. The van der Waals surface area contributed by atoms with Gasteiger partial charge < -0.3 is 5.32 Å². The summed E-state index contributed by atoms with van der Waals surface area (Å²) in [5, 5.41) is 3.65. The number of halogens is 2. The molecule has 3 heteroatoms. The second-order valence-corrected chi connectivity index (χ2v) is 6.29. The average molecular weight is 334 g/mol. The van der Waals surface area contributed by atoms with E-state index in [9.17, 15) is 4.39 Å². The molecule has 0 saturated carbocycles. The quantitative estimate of drug-likeness (QED) is 0.839. The molecule has 20 heavy (non-hydrogen) atoms. The van der Waals surface area contributed by atoms with E-state index in [4.69, 9.17) is 0 Å². The molecule has 0 amide bonds. The molecule has 1 nitrogen and oxygen atoms in total. The highest BCUT2D eigenvalue weighted by atomic mass is 79.9. The summed E-state index contributed by atoms with van der Waals surface area (Å²) in [7, 11) is 0. The van der Waals surface area contributed by atoms with Crippen molar-refractivity contribution >= 4 is 15.9 Å². The van der Waals surface area contributed by atoms with E-state index >= 15 is 0 Å². The van der Waals surface area contributed by atoms with Crippen LogP contribution in [-0.2, 0) is 6.42 Å². The molecule has 0 aromatic heterocycles. The van der Waals surface area contributed by atoms with E-state index < -0.39 is 0 Å². The van der Waals surface area contributed by atoms with Crippen molar-refractivity contribution in [3.63, 3.8) is 0 Å². The smallest absolute Gasteiger partial charge is 0.123 e. The number of hydrogen-bond acceptors (Lipinski definition) is 1. The Bertz CT molecular complexity index is 609. The van der Waals surface area contributed by atoms with Gasteiger partial charge >= 0.3 is 0 Å². The predicted octanol–water partition coefficient (Wildman–Crippen LogP) is 4.93. The molecular formula is C17H17BrFN. The van der Waals surface area contributed by atoms with Gasteiger partial charge in [0.05, 0.1) is 0 Å². The van der Waals surface area contributed by atoms with Crippen molar-refractivity contribution in [3.8, 4) is 0 Å². The van der Waals surface area contributed by atoms with Crippen LogP contribution in [-0.4, -0.2) is 0 Å². The zero-order valence-electron chi connectivity index (χ0n) is 11.4. The first kappa shape index (κ1) is 13.8. The normalized spacial score (nSPS) is 18.9. The maximum atomic E-state index is 13.2. The lowest BCUT2D eigenvalue weighted by atomic mass is 10.0. The molecule has 1 unspecified atom stereocenters. The number of fused-ring (bicyclic) bond motifs is 1. The Morgan fingerprint density at radius 1 is 1.20 bits per heavy atom. The van der Waals surface area contributed by atoms with Crippen LogP contribution in [0.5, 0.6) is 0 Å². The standard InChI is InChI=1S/C17H17BrFN/c1-11(12-2-5-14(18)6-3-12)20-17-9-4-13-10-15(19)7-8-16(13)17/h2-3,5-8,10-11,17,20H,4,9H2,1H3/t11-,17?/m0/s1. The van der Waals surface area contributed by atoms with Gasteiger partial charge in [-0.25, -0.2) is 4.39 Å². The lowest BCUT2D eigenvalue weighted by molar-refractivity contribution is 0.465. The Kier molecular flexibility index (Phi) is 3.90. The van der Waals surface area contributed by atoms with Crippen LogP contribution >= 0.6 is 15.9 Å². The molecule has 1 aliphatic rings. The minimum absolute atomic E-state index is 0.134. The first-order chi connectivity index (χ1) is 9.63. The van der Waals surface area contributed by atoms with Crippen molar-refractivity contribution in [2.75, 3.05) is 0 Å². The summed E-state index contributed by atoms with van der Waals surface area (Å²) in [5.41, 5.74) is 3.66. The second-order valence-electron chi connectivity index (χ2n) is 5.37. The highest BCUT2D eigenvalue weighted by Crippen LogP contribution is 2.33. The fourth-order valence-corrected chi connectivity index (χ4v) is 3.17. The third-order valence-corrected chi connectivity index (χ3v) is 4.53. The first-order valence-corrected chi connectivity index (χ1v) is 7.72. The largest absolute Gasteiger partial charge is 0.303 e. The zero-order valence-corrected chi connectivity index (χ0v) is 13.0. The van der Waals surface area contributed by atoms with Crippen LogP contribution in [0.1, 0.15) is 42.1 Å². The fraction of sp³-hybridized carbons (Fsp3) is 0.294. The molecule has 2 aromatic carbocycles. The van der Waals surface area contributed by atoms with E-state index in [1.54, 1.807) is 12.1 Å². The van der Waals surface area contributed by atoms with Gasteiger partial charge in [0, 0.05) is 16.6 Å². The lowest BCUT2D eigenvalue weighted by Crippen LogP contribution is -2.22. The third-order valence-electron chi connectivity index (χ3n) is 4.00. The molecule has 0 fully saturated rings. The van der Waals surface area contributed by atoms with Gasteiger partial charge in [-0.3, -0.25) is 0 Å². The molecule has 0 aliphatic heterocycles. The van der Waals surface area contributed by atoms with Crippen LogP contribution in [0.25, 0.3) is 0 Å². The summed E-state index contributed by atoms with van der Waals surface area (Å²) in [6, 6.07) is 14.1. The number of rotatable bonds is 3. The molecule has 104 valence electrons. The van der Waals surface area contributed by atoms with Crippen LogP contribution in [0.3, 0.4) is 0 Å². The fourth-order valence-electron chi connectivity index (χ4n) is 2.91. The Hall–Kier alpha value is -1.19. The molecule has 1 N–H and O–H groups in total. The summed E-state index contributed by atoms with van der Waals surface area (Å²) in [6.45, 7) is 2.17. The van der Waals surface area contributed by atoms with Gasteiger partial charge in [-0.15, -0.1) is 0 Å². The maximum absolute atomic E-state index is 13.2. The Balaban J connectivity index is 1.75. The first-order valence-electron chi connectivity index (χ1n) is 6.93. The summed E-state index contributed by atoms with van der Waals surface area (Å²) in [5.74, 6) is -0.134. The van der Waals surface area contributed by atoms with Gasteiger partial charge in [0.25, 0.3) is 0 Å². The Morgan fingerprint density at radius 3 is 2.70 bits per heavy atom. The van der Waals surface area contributed by atoms with Crippen LogP contribution in [0.15, 0.2) is 46.9 Å². The summed E-state index contributed by atoms with van der Waals surface area (Å²) >= 11 is 3.45. The molecule has 0 bridgehead atoms. The van der Waals surface area contributed by atoms with E-state index in [0.29, 0.717) is 6.04 Å². The molecular weight excluding hydrogens is 317 g/mol. The summed E-state index contributed by atoms with van der Waals surface area (Å²) in [4.78, 5) is 0. The molecule has 0 radical (unpaired) electrons. The van der Waals surface area contributed by atoms with Gasteiger partial charge in [0.1, 0.15) is 5.82 Å². The molecule has 2 aromatic rings. The number of hydrogen-bond donors (Lipinski definition) is 1. The highest BCUT2D eigenvalue weighted by molar-refractivity contribution is 9.10. The minimum atomic E-state index is -0.134. The van der Waals surface area contributed by atoms with Crippen LogP contribution in [0, 0.1) is 5.82 Å². The Morgan fingerprint density at radius 2 is 1.95 bits per heavy atom. The van der Waals surface area contributed by atoms with Crippen molar-refractivity contribution in [1.29, 1.82) is 0 Å². The maximum Gasteiger partial charge on any atom is 0.123 e. The molecule has 3 rings (SSSR count). The van der Waals surface area contributed by atoms with E-state index in [1.165, 1.54) is 11.1 Å². The number of aryl methyl sites for hydroxylation is 1. The van der Waals surface area contributed by atoms with Crippen molar-refractivity contribution in [1.82, 2.24) is 5.32 Å². The topological polar surface area (TPSA) is 12.0 Å². The second kappa shape index (κ2) is 5.66. The summed E-state index contributed by atoms with van der Waals surface area (Å²) in [6.07, 6.45) is 2.00. The monoisotopic (exact) mass is 333 g/mol. The lowest BCUT2D eigenvalue weighted by Gasteiger charge is -2.21. The van der Waals surface area contributed by atoms with Gasteiger partial charge in [-0.1, -0.05) is 34.1 Å². The van der Waals surface area contributed by atoms with Gasteiger partial charge in [-0.2, -0.15) is 0 Å². The average Bonchev–Trinajstić information content (AvgIpc) is 2.81. The molecule has 1 aliphatic carbocycles. The van der Waals surface area contributed by atoms with Crippen molar-refractivity contribution < 1.29 is 4.39 Å². The molecule has 0 spiro atoms. The van der Waals surface area contributed by atoms with E-state index in [0.717, 1.165) is 22.9 Å². The highest BCUT2D eigenvalue weighted by Gasteiger charge is 2.24. The zero-order chi connectivity index (χ0) is 14.1.